The SMILES string of the molecule is Cc1ccc(N[C@H](C)C(=O)Nc2ccc(C(C)C)cc2)cc1. The molecule has 0 fully saturated rings. The van der Waals surface area contributed by atoms with Gasteiger partial charge in [-0.1, -0.05) is 43.7 Å². The molecule has 0 saturated heterocycles. The van der Waals surface area contributed by atoms with E-state index >= 15 is 0 Å². The predicted octanol–water partition coefficient (Wildman–Crippen LogP) is 4.56. The second-order valence-corrected chi connectivity index (χ2v) is 6.00. The number of aryl methyl sites for hydroxylation is 1. The largest absolute Gasteiger partial charge is 0.374 e. The summed E-state index contributed by atoms with van der Waals surface area (Å²) in [4.78, 5) is 12.2. The summed E-state index contributed by atoms with van der Waals surface area (Å²) in [7, 11) is 0. The van der Waals surface area contributed by atoms with Gasteiger partial charge in [0, 0.05) is 11.4 Å². The number of anilines is 2. The highest BCUT2D eigenvalue weighted by Gasteiger charge is 2.12. The average Bonchev–Trinajstić information content (AvgIpc) is 2.50. The molecule has 1 amide bonds. The maximum Gasteiger partial charge on any atom is 0.246 e. The minimum absolute atomic E-state index is 0.0436. The molecule has 3 heteroatoms. The van der Waals surface area contributed by atoms with E-state index in [0.717, 1.165) is 11.4 Å². The van der Waals surface area contributed by atoms with Gasteiger partial charge in [-0.05, 0) is 49.6 Å². The Bertz CT molecular complexity index is 615. The Kier molecular flexibility index (Phi) is 5.21. The standard InChI is InChI=1S/C19H24N2O/c1-13(2)16-7-11-18(12-8-16)21-19(22)15(4)20-17-9-5-14(3)6-10-17/h5-13,15,20H,1-4H3,(H,21,22)/t15-/m1/s1. The van der Waals surface area contributed by atoms with Crippen LogP contribution in [0.5, 0.6) is 0 Å². The molecule has 0 heterocycles. The van der Waals surface area contributed by atoms with Gasteiger partial charge in [0.15, 0.2) is 0 Å². The molecule has 22 heavy (non-hydrogen) atoms. The topological polar surface area (TPSA) is 41.1 Å². The van der Waals surface area contributed by atoms with Gasteiger partial charge >= 0.3 is 0 Å². The Morgan fingerprint density at radius 3 is 1.95 bits per heavy atom. The van der Waals surface area contributed by atoms with Crippen LogP contribution in [0.3, 0.4) is 0 Å². The number of hydrogen-bond donors (Lipinski definition) is 2. The van der Waals surface area contributed by atoms with Gasteiger partial charge in [0.1, 0.15) is 6.04 Å². The summed E-state index contributed by atoms with van der Waals surface area (Å²) >= 11 is 0. The van der Waals surface area contributed by atoms with Crippen LogP contribution in [0.15, 0.2) is 48.5 Å². The van der Waals surface area contributed by atoms with Crippen LogP contribution in [0.4, 0.5) is 11.4 Å². The fourth-order valence-electron chi connectivity index (χ4n) is 2.17. The molecule has 2 aromatic rings. The van der Waals surface area contributed by atoms with E-state index in [1.54, 1.807) is 0 Å². The molecular formula is C19H24N2O. The van der Waals surface area contributed by atoms with Crippen molar-refractivity contribution in [2.45, 2.75) is 39.7 Å². The Morgan fingerprint density at radius 2 is 1.41 bits per heavy atom. The summed E-state index contributed by atoms with van der Waals surface area (Å²) in [5.41, 5.74) is 4.24. The molecule has 3 nitrogen and oxygen atoms in total. The monoisotopic (exact) mass is 296 g/mol. The fourth-order valence-corrected chi connectivity index (χ4v) is 2.17. The molecule has 116 valence electrons. The van der Waals surface area contributed by atoms with Gasteiger partial charge in [-0.3, -0.25) is 4.79 Å². The summed E-state index contributed by atoms with van der Waals surface area (Å²) < 4.78 is 0. The van der Waals surface area contributed by atoms with Gasteiger partial charge in [0.05, 0.1) is 0 Å². The van der Waals surface area contributed by atoms with Gasteiger partial charge < -0.3 is 10.6 Å². The Morgan fingerprint density at radius 1 is 0.864 bits per heavy atom. The van der Waals surface area contributed by atoms with Crippen molar-refractivity contribution < 1.29 is 4.79 Å². The van der Waals surface area contributed by atoms with Crippen molar-refractivity contribution in [3.8, 4) is 0 Å². The molecule has 0 aliphatic heterocycles. The summed E-state index contributed by atoms with van der Waals surface area (Å²) in [6, 6.07) is 15.7. The molecule has 0 unspecified atom stereocenters. The first-order valence-corrected chi connectivity index (χ1v) is 7.69. The van der Waals surface area contributed by atoms with E-state index in [4.69, 9.17) is 0 Å². The van der Waals surface area contributed by atoms with Crippen LogP contribution in [0.2, 0.25) is 0 Å². The summed E-state index contributed by atoms with van der Waals surface area (Å²) in [5.74, 6) is 0.449. The predicted molar refractivity (Wildman–Crippen MR) is 93.4 cm³/mol. The van der Waals surface area contributed by atoms with Crippen LogP contribution < -0.4 is 10.6 Å². The van der Waals surface area contributed by atoms with Crippen molar-refractivity contribution in [1.82, 2.24) is 0 Å². The zero-order valence-corrected chi connectivity index (χ0v) is 13.7. The van der Waals surface area contributed by atoms with Crippen LogP contribution in [-0.2, 0) is 4.79 Å². The highest BCUT2D eigenvalue weighted by atomic mass is 16.2. The summed E-state index contributed by atoms with van der Waals surface area (Å²) in [6.07, 6.45) is 0. The summed E-state index contributed by atoms with van der Waals surface area (Å²) in [6.45, 7) is 8.21. The first-order valence-electron chi connectivity index (χ1n) is 7.69. The molecule has 0 bridgehead atoms. The third-order valence-electron chi connectivity index (χ3n) is 3.67. The van der Waals surface area contributed by atoms with Crippen molar-refractivity contribution in [1.29, 1.82) is 0 Å². The molecule has 0 aromatic heterocycles. The van der Waals surface area contributed by atoms with Gasteiger partial charge in [-0.2, -0.15) is 0 Å². The quantitative estimate of drug-likeness (QED) is 0.849. The molecule has 2 N–H and O–H groups in total. The van der Waals surface area contributed by atoms with Gasteiger partial charge in [0.25, 0.3) is 0 Å². The van der Waals surface area contributed by atoms with E-state index in [2.05, 4.69) is 36.6 Å². The fraction of sp³-hybridized carbons (Fsp3) is 0.316. The Hall–Kier alpha value is -2.29. The van der Waals surface area contributed by atoms with Crippen molar-refractivity contribution in [3.05, 3.63) is 59.7 Å². The number of carbonyl (C=O) groups is 1. The summed E-state index contributed by atoms with van der Waals surface area (Å²) in [5, 5.41) is 6.14. The lowest BCUT2D eigenvalue weighted by molar-refractivity contribution is -0.116. The zero-order valence-electron chi connectivity index (χ0n) is 13.7. The van der Waals surface area contributed by atoms with Gasteiger partial charge in [-0.25, -0.2) is 0 Å². The van der Waals surface area contributed by atoms with Crippen LogP contribution >= 0.6 is 0 Å². The van der Waals surface area contributed by atoms with E-state index in [9.17, 15) is 4.79 Å². The van der Waals surface area contributed by atoms with E-state index < -0.39 is 0 Å². The van der Waals surface area contributed by atoms with Crippen LogP contribution in [0, 0.1) is 6.92 Å². The van der Waals surface area contributed by atoms with E-state index in [0.29, 0.717) is 5.92 Å². The number of rotatable bonds is 5. The first kappa shape index (κ1) is 16.1. The van der Waals surface area contributed by atoms with E-state index in [1.165, 1.54) is 11.1 Å². The van der Waals surface area contributed by atoms with Crippen molar-refractivity contribution in [3.63, 3.8) is 0 Å². The molecule has 0 aliphatic carbocycles. The molecular weight excluding hydrogens is 272 g/mol. The smallest absolute Gasteiger partial charge is 0.246 e. The van der Waals surface area contributed by atoms with E-state index in [1.807, 2.05) is 50.2 Å². The lowest BCUT2D eigenvalue weighted by Crippen LogP contribution is -2.31. The van der Waals surface area contributed by atoms with Gasteiger partial charge in [0.2, 0.25) is 5.91 Å². The zero-order chi connectivity index (χ0) is 16.1. The maximum atomic E-state index is 12.2. The minimum atomic E-state index is -0.299. The highest BCUT2D eigenvalue weighted by Crippen LogP contribution is 2.17. The highest BCUT2D eigenvalue weighted by molar-refractivity contribution is 5.96. The van der Waals surface area contributed by atoms with Crippen molar-refractivity contribution in [2.24, 2.45) is 0 Å². The minimum Gasteiger partial charge on any atom is -0.374 e. The molecule has 0 saturated carbocycles. The van der Waals surface area contributed by atoms with Crippen LogP contribution in [0.1, 0.15) is 37.8 Å². The Labute approximate surface area is 132 Å². The van der Waals surface area contributed by atoms with Crippen LogP contribution in [0.25, 0.3) is 0 Å². The normalized spacial score (nSPS) is 12.0. The number of hydrogen-bond acceptors (Lipinski definition) is 2. The molecule has 0 radical (unpaired) electrons. The maximum absolute atomic E-state index is 12.2. The third kappa shape index (κ3) is 4.35. The average molecular weight is 296 g/mol. The second-order valence-electron chi connectivity index (χ2n) is 6.00. The third-order valence-corrected chi connectivity index (χ3v) is 3.67. The van der Waals surface area contributed by atoms with Crippen molar-refractivity contribution >= 4 is 17.3 Å². The van der Waals surface area contributed by atoms with Gasteiger partial charge in [-0.15, -0.1) is 0 Å². The lowest BCUT2D eigenvalue weighted by atomic mass is 10.0. The lowest BCUT2D eigenvalue weighted by Gasteiger charge is -2.16. The number of amides is 1. The number of benzene rings is 2. The second kappa shape index (κ2) is 7.12. The number of carbonyl (C=O) groups excluding carboxylic acids is 1. The molecule has 1 atom stereocenters. The molecule has 0 spiro atoms. The molecule has 2 rings (SSSR count). The Balaban J connectivity index is 1.94. The first-order chi connectivity index (χ1) is 10.5. The van der Waals surface area contributed by atoms with Crippen LogP contribution in [-0.4, -0.2) is 11.9 Å². The van der Waals surface area contributed by atoms with E-state index in [-0.39, 0.29) is 11.9 Å². The number of nitrogens with one attached hydrogen (secondary N) is 2. The molecule has 2 aromatic carbocycles. The molecule has 0 aliphatic rings. The van der Waals surface area contributed by atoms with Crippen molar-refractivity contribution in [2.75, 3.05) is 10.6 Å².